The highest BCUT2D eigenvalue weighted by molar-refractivity contribution is 7.10. The van der Waals surface area contributed by atoms with Crippen molar-refractivity contribution in [1.29, 1.82) is 0 Å². The van der Waals surface area contributed by atoms with Gasteiger partial charge in [0, 0.05) is 17.5 Å². The Labute approximate surface area is 109 Å². The molecule has 1 aromatic heterocycles. The molecular formula is C14H15F2NS. The fourth-order valence-electron chi connectivity index (χ4n) is 1.83. The highest BCUT2D eigenvalue weighted by Crippen LogP contribution is 2.22. The van der Waals surface area contributed by atoms with E-state index in [0.29, 0.717) is 6.54 Å². The summed E-state index contributed by atoms with van der Waals surface area (Å²) in [5, 5.41) is 5.40. The first-order valence-electron chi connectivity index (χ1n) is 5.91. The Morgan fingerprint density at radius 3 is 2.67 bits per heavy atom. The highest BCUT2D eigenvalue weighted by Gasteiger charge is 2.10. The maximum Gasteiger partial charge on any atom is 0.159 e. The Kier molecular flexibility index (Phi) is 4.44. The van der Waals surface area contributed by atoms with Crippen LogP contribution in [0.15, 0.2) is 35.7 Å². The maximum atomic E-state index is 13.1. The van der Waals surface area contributed by atoms with Gasteiger partial charge in [0.1, 0.15) is 0 Å². The van der Waals surface area contributed by atoms with Crippen molar-refractivity contribution in [1.82, 2.24) is 5.32 Å². The minimum Gasteiger partial charge on any atom is -0.305 e. The third-order valence-corrected chi connectivity index (χ3v) is 3.82. The Bertz CT molecular complexity index is 497. The van der Waals surface area contributed by atoms with Crippen LogP contribution in [0.1, 0.15) is 29.8 Å². The molecule has 2 rings (SSSR count). The lowest BCUT2D eigenvalue weighted by atomic mass is 10.1. The quantitative estimate of drug-likeness (QED) is 0.853. The van der Waals surface area contributed by atoms with Gasteiger partial charge in [0.15, 0.2) is 11.6 Å². The Morgan fingerprint density at radius 2 is 2.06 bits per heavy atom. The Hall–Kier alpha value is -1.26. The van der Waals surface area contributed by atoms with Crippen molar-refractivity contribution in [2.45, 2.75) is 25.9 Å². The SMILES string of the molecule is CCC(NCc1ccc(F)c(F)c1)c1cccs1. The second kappa shape index (κ2) is 6.07. The average molecular weight is 267 g/mol. The van der Waals surface area contributed by atoms with Gasteiger partial charge in [-0.15, -0.1) is 11.3 Å². The fourth-order valence-corrected chi connectivity index (χ4v) is 2.71. The molecular weight excluding hydrogens is 252 g/mol. The molecule has 2 aromatic rings. The van der Waals surface area contributed by atoms with Gasteiger partial charge in [-0.05, 0) is 35.6 Å². The first kappa shape index (κ1) is 13.2. The van der Waals surface area contributed by atoms with Crippen LogP contribution in [0.5, 0.6) is 0 Å². The first-order chi connectivity index (χ1) is 8.70. The third kappa shape index (κ3) is 3.15. The molecule has 0 aliphatic rings. The predicted molar refractivity (Wildman–Crippen MR) is 70.5 cm³/mol. The molecule has 0 fully saturated rings. The lowest BCUT2D eigenvalue weighted by Crippen LogP contribution is -2.19. The van der Waals surface area contributed by atoms with Gasteiger partial charge in [0.25, 0.3) is 0 Å². The van der Waals surface area contributed by atoms with E-state index >= 15 is 0 Å². The highest BCUT2D eigenvalue weighted by atomic mass is 32.1. The van der Waals surface area contributed by atoms with Crippen molar-refractivity contribution in [3.63, 3.8) is 0 Å². The van der Waals surface area contributed by atoms with E-state index in [0.717, 1.165) is 12.0 Å². The molecule has 0 aliphatic carbocycles. The molecule has 1 aromatic carbocycles. The Balaban J connectivity index is 1.99. The Morgan fingerprint density at radius 1 is 1.22 bits per heavy atom. The topological polar surface area (TPSA) is 12.0 Å². The summed E-state index contributed by atoms with van der Waals surface area (Å²) < 4.78 is 25.9. The molecule has 1 atom stereocenters. The van der Waals surface area contributed by atoms with E-state index in [-0.39, 0.29) is 6.04 Å². The van der Waals surface area contributed by atoms with Crippen LogP contribution in [-0.4, -0.2) is 0 Å². The van der Waals surface area contributed by atoms with Crippen LogP contribution in [0.25, 0.3) is 0 Å². The molecule has 4 heteroatoms. The summed E-state index contributed by atoms with van der Waals surface area (Å²) in [4.78, 5) is 1.26. The molecule has 1 unspecified atom stereocenters. The van der Waals surface area contributed by atoms with Crippen molar-refractivity contribution in [3.8, 4) is 0 Å². The standard InChI is InChI=1S/C14H15F2NS/c1-2-13(14-4-3-7-18-14)17-9-10-5-6-11(15)12(16)8-10/h3-8,13,17H,2,9H2,1H3. The minimum absolute atomic E-state index is 0.262. The fraction of sp³-hybridized carbons (Fsp3) is 0.286. The van der Waals surface area contributed by atoms with Crippen molar-refractivity contribution < 1.29 is 8.78 Å². The number of hydrogen-bond donors (Lipinski definition) is 1. The van der Waals surface area contributed by atoms with Gasteiger partial charge in [-0.1, -0.05) is 19.1 Å². The lowest BCUT2D eigenvalue weighted by molar-refractivity contribution is 0.499. The van der Waals surface area contributed by atoms with Crippen molar-refractivity contribution >= 4 is 11.3 Å². The summed E-state index contributed by atoms with van der Waals surface area (Å²) in [5.41, 5.74) is 0.754. The lowest BCUT2D eigenvalue weighted by Gasteiger charge is -2.15. The second-order valence-corrected chi connectivity index (χ2v) is 5.08. The van der Waals surface area contributed by atoms with E-state index in [1.54, 1.807) is 17.4 Å². The van der Waals surface area contributed by atoms with E-state index in [9.17, 15) is 8.78 Å². The molecule has 0 saturated carbocycles. The summed E-state index contributed by atoms with van der Waals surface area (Å²) in [7, 11) is 0. The molecule has 1 nitrogen and oxygen atoms in total. The summed E-state index contributed by atoms with van der Waals surface area (Å²) in [6, 6.07) is 8.37. The van der Waals surface area contributed by atoms with Gasteiger partial charge in [0.05, 0.1) is 0 Å². The zero-order valence-electron chi connectivity index (χ0n) is 10.1. The van der Waals surface area contributed by atoms with Gasteiger partial charge < -0.3 is 5.32 Å². The number of thiophene rings is 1. The molecule has 96 valence electrons. The number of nitrogens with one attached hydrogen (secondary N) is 1. The first-order valence-corrected chi connectivity index (χ1v) is 6.79. The predicted octanol–water partition coefficient (Wildman–Crippen LogP) is 4.27. The number of hydrogen-bond acceptors (Lipinski definition) is 2. The third-order valence-electron chi connectivity index (χ3n) is 2.83. The van der Waals surface area contributed by atoms with Gasteiger partial charge in [-0.2, -0.15) is 0 Å². The van der Waals surface area contributed by atoms with E-state index in [1.165, 1.54) is 17.0 Å². The number of rotatable bonds is 5. The number of benzene rings is 1. The molecule has 0 bridgehead atoms. The summed E-state index contributed by atoms with van der Waals surface area (Å²) in [6.07, 6.45) is 0.962. The van der Waals surface area contributed by atoms with Crippen molar-refractivity contribution in [2.24, 2.45) is 0 Å². The molecule has 0 saturated heterocycles. The summed E-state index contributed by atoms with van der Waals surface area (Å²) in [5.74, 6) is -1.59. The normalized spacial score (nSPS) is 12.6. The zero-order chi connectivity index (χ0) is 13.0. The van der Waals surface area contributed by atoms with Gasteiger partial charge in [-0.25, -0.2) is 8.78 Å². The van der Waals surface area contributed by atoms with E-state index < -0.39 is 11.6 Å². The van der Waals surface area contributed by atoms with E-state index in [2.05, 4.69) is 18.3 Å². The smallest absolute Gasteiger partial charge is 0.159 e. The molecule has 1 N–H and O–H groups in total. The van der Waals surface area contributed by atoms with Gasteiger partial charge >= 0.3 is 0 Å². The molecule has 0 amide bonds. The second-order valence-electron chi connectivity index (χ2n) is 4.11. The van der Waals surface area contributed by atoms with Crippen LogP contribution in [0.4, 0.5) is 8.78 Å². The van der Waals surface area contributed by atoms with Crippen LogP contribution in [-0.2, 0) is 6.54 Å². The van der Waals surface area contributed by atoms with Crippen molar-refractivity contribution in [3.05, 3.63) is 57.8 Å². The van der Waals surface area contributed by atoms with E-state index in [1.807, 2.05) is 11.4 Å². The molecule has 0 spiro atoms. The largest absolute Gasteiger partial charge is 0.305 e. The summed E-state index contributed by atoms with van der Waals surface area (Å²) >= 11 is 1.70. The van der Waals surface area contributed by atoms with Gasteiger partial charge in [-0.3, -0.25) is 0 Å². The zero-order valence-corrected chi connectivity index (χ0v) is 10.9. The van der Waals surface area contributed by atoms with Crippen LogP contribution in [0.2, 0.25) is 0 Å². The van der Waals surface area contributed by atoms with Crippen LogP contribution in [0.3, 0.4) is 0 Å². The van der Waals surface area contributed by atoms with Crippen LogP contribution in [0, 0.1) is 11.6 Å². The van der Waals surface area contributed by atoms with E-state index in [4.69, 9.17) is 0 Å². The molecule has 18 heavy (non-hydrogen) atoms. The molecule has 1 heterocycles. The molecule has 0 aliphatic heterocycles. The number of halogens is 2. The monoisotopic (exact) mass is 267 g/mol. The van der Waals surface area contributed by atoms with Crippen molar-refractivity contribution in [2.75, 3.05) is 0 Å². The average Bonchev–Trinajstić information content (AvgIpc) is 2.88. The van der Waals surface area contributed by atoms with Crippen LogP contribution >= 0.6 is 11.3 Å². The van der Waals surface area contributed by atoms with Gasteiger partial charge in [0.2, 0.25) is 0 Å². The summed E-state index contributed by atoms with van der Waals surface area (Å²) in [6.45, 7) is 2.64. The maximum absolute atomic E-state index is 13.1. The minimum atomic E-state index is -0.802. The molecule has 0 radical (unpaired) electrons. The van der Waals surface area contributed by atoms with Crippen LogP contribution < -0.4 is 5.32 Å².